The molecule has 6 nitrogen and oxygen atoms in total. The minimum absolute atomic E-state index is 0.131. The van der Waals surface area contributed by atoms with Gasteiger partial charge in [0.15, 0.2) is 5.13 Å². The van der Waals surface area contributed by atoms with Crippen molar-refractivity contribution in [2.45, 2.75) is 25.8 Å². The third-order valence-electron chi connectivity index (χ3n) is 3.24. The molecule has 1 aromatic heterocycles. The molecule has 1 saturated carbocycles. The quantitative estimate of drug-likeness (QED) is 0.787. The molecule has 23 heavy (non-hydrogen) atoms. The number of nitrogens with zero attached hydrogens (tertiary/aromatic N) is 1. The van der Waals surface area contributed by atoms with Crippen molar-refractivity contribution in [3.05, 3.63) is 39.9 Å². The Morgan fingerprint density at radius 1 is 1.22 bits per heavy atom. The first kappa shape index (κ1) is 15.8. The zero-order valence-corrected chi connectivity index (χ0v) is 13.9. The molecule has 3 amide bonds. The molecule has 120 valence electrons. The molecule has 1 heterocycles. The molecule has 0 unspecified atom stereocenters. The number of aryl methyl sites for hydroxylation is 1. The van der Waals surface area contributed by atoms with Gasteiger partial charge in [-0.3, -0.25) is 10.1 Å². The Hall–Kier alpha value is -2.12. The van der Waals surface area contributed by atoms with Gasteiger partial charge in [0.2, 0.25) is 0 Å². The van der Waals surface area contributed by atoms with Crippen LogP contribution in [0.15, 0.2) is 24.3 Å². The maximum Gasteiger partial charge on any atom is 0.325 e. The van der Waals surface area contributed by atoms with Crippen LogP contribution >= 0.6 is 22.9 Å². The number of carbonyl (C=O) groups excluding carboxylic acids is 2. The largest absolute Gasteiger partial charge is 0.349 e. The summed E-state index contributed by atoms with van der Waals surface area (Å²) in [6.45, 7) is 1.75. The molecule has 1 fully saturated rings. The monoisotopic (exact) mass is 350 g/mol. The molecule has 1 aliphatic carbocycles. The number of aromatic nitrogens is 1. The molecular weight excluding hydrogens is 336 g/mol. The van der Waals surface area contributed by atoms with Crippen LogP contribution in [0.1, 0.15) is 28.2 Å². The van der Waals surface area contributed by atoms with Gasteiger partial charge in [0.05, 0.1) is 5.69 Å². The van der Waals surface area contributed by atoms with E-state index >= 15 is 0 Å². The van der Waals surface area contributed by atoms with Crippen LogP contribution in [0, 0.1) is 6.92 Å². The first-order valence-corrected chi connectivity index (χ1v) is 8.32. The Labute approximate surface area is 142 Å². The third kappa shape index (κ3) is 4.20. The van der Waals surface area contributed by atoms with Crippen LogP contribution in [0.3, 0.4) is 0 Å². The van der Waals surface area contributed by atoms with Crippen LogP contribution in [0.25, 0.3) is 0 Å². The SMILES string of the molecule is Cc1nc(NC(=O)Nc2ccc(Cl)cc2)sc1C(=O)NC1CC1. The van der Waals surface area contributed by atoms with E-state index in [9.17, 15) is 9.59 Å². The molecule has 0 atom stereocenters. The maximum absolute atomic E-state index is 12.1. The Morgan fingerprint density at radius 3 is 2.57 bits per heavy atom. The van der Waals surface area contributed by atoms with Crippen molar-refractivity contribution in [2.24, 2.45) is 0 Å². The highest BCUT2D eigenvalue weighted by molar-refractivity contribution is 7.17. The molecule has 0 radical (unpaired) electrons. The van der Waals surface area contributed by atoms with Crippen LogP contribution < -0.4 is 16.0 Å². The number of rotatable bonds is 4. The van der Waals surface area contributed by atoms with E-state index in [0.717, 1.165) is 24.2 Å². The number of anilines is 2. The maximum atomic E-state index is 12.1. The molecule has 1 aromatic carbocycles. The van der Waals surface area contributed by atoms with Gasteiger partial charge in [-0.25, -0.2) is 9.78 Å². The Morgan fingerprint density at radius 2 is 1.91 bits per heavy atom. The molecule has 3 N–H and O–H groups in total. The molecule has 0 saturated heterocycles. The van der Waals surface area contributed by atoms with E-state index in [1.54, 1.807) is 31.2 Å². The van der Waals surface area contributed by atoms with Gasteiger partial charge in [0, 0.05) is 16.8 Å². The van der Waals surface area contributed by atoms with Crippen LogP contribution in [-0.2, 0) is 0 Å². The van der Waals surface area contributed by atoms with Gasteiger partial charge < -0.3 is 10.6 Å². The molecular formula is C15H15ClN4O2S. The Balaban J connectivity index is 1.61. The lowest BCUT2D eigenvalue weighted by Gasteiger charge is -2.05. The van der Waals surface area contributed by atoms with Crippen LogP contribution in [0.2, 0.25) is 5.02 Å². The Bertz CT molecular complexity index is 740. The van der Waals surface area contributed by atoms with Crippen molar-refractivity contribution in [2.75, 3.05) is 10.6 Å². The van der Waals surface area contributed by atoms with Gasteiger partial charge in [0.25, 0.3) is 5.91 Å². The fourth-order valence-electron chi connectivity index (χ4n) is 1.93. The fraction of sp³-hybridized carbons (Fsp3) is 0.267. The summed E-state index contributed by atoms with van der Waals surface area (Å²) in [5.74, 6) is -0.131. The normalized spacial score (nSPS) is 13.5. The number of amides is 3. The molecule has 0 bridgehead atoms. The summed E-state index contributed by atoms with van der Waals surface area (Å²) in [6, 6.07) is 6.63. The zero-order chi connectivity index (χ0) is 16.4. The minimum atomic E-state index is -0.421. The van der Waals surface area contributed by atoms with Gasteiger partial charge in [-0.1, -0.05) is 22.9 Å². The summed E-state index contributed by atoms with van der Waals surface area (Å²) in [7, 11) is 0. The third-order valence-corrected chi connectivity index (χ3v) is 4.56. The summed E-state index contributed by atoms with van der Waals surface area (Å²) in [5, 5.41) is 9.20. The predicted octanol–water partition coefficient (Wildman–Crippen LogP) is 3.64. The lowest BCUT2D eigenvalue weighted by molar-refractivity contribution is 0.0954. The molecule has 1 aliphatic rings. The van der Waals surface area contributed by atoms with Gasteiger partial charge in [-0.05, 0) is 44.0 Å². The number of urea groups is 1. The first-order valence-electron chi connectivity index (χ1n) is 7.13. The second-order valence-electron chi connectivity index (χ2n) is 5.27. The molecule has 2 aromatic rings. The lowest BCUT2D eigenvalue weighted by atomic mass is 10.3. The van der Waals surface area contributed by atoms with Gasteiger partial charge >= 0.3 is 6.03 Å². The number of nitrogens with one attached hydrogen (secondary N) is 3. The minimum Gasteiger partial charge on any atom is -0.349 e. The highest BCUT2D eigenvalue weighted by atomic mass is 35.5. The second kappa shape index (κ2) is 6.55. The lowest BCUT2D eigenvalue weighted by Crippen LogP contribution is -2.25. The van der Waals surface area contributed by atoms with Gasteiger partial charge in [-0.2, -0.15) is 0 Å². The van der Waals surface area contributed by atoms with E-state index < -0.39 is 6.03 Å². The smallest absolute Gasteiger partial charge is 0.325 e. The van der Waals surface area contributed by atoms with E-state index in [2.05, 4.69) is 20.9 Å². The molecule has 0 aliphatic heterocycles. The number of carbonyl (C=O) groups is 2. The number of thiazole rings is 1. The summed E-state index contributed by atoms with van der Waals surface area (Å²) in [4.78, 5) is 28.8. The van der Waals surface area contributed by atoms with Crippen molar-refractivity contribution in [1.82, 2.24) is 10.3 Å². The van der Waals surface area contributed by atoms with E-state index in [0.29, 0.717) is 26.4 Å². The van der Waals surface area contributed by atoms with Gasteiger partial charge in [-0.15, -0.1) is 0 Å². The number of hydrogen-bond donors (Lipinski definition) is 3. The second-order valence-corrected chi connectivity index (χ2v) is 6.70. The van der Waals surface area contributed by atoms with E-state index in [4.69, 9.17) is 11.6 Å². The van der Waals surface area contributed by atoms with Gasteiger partial charge in [0.1, 0.15) is 4.88 Å². The first-order chi connectivity index (χ1) is 11.0. The summed E-state index contributed by atoms with van der Waals surface area (Å²) in [5.41, 5.74) is 1.22. The van der Waals surface area contributed by atoms with Crippen LogP contribution in [0.5, 0.6) is 0 Å². The van der Waals surface area contributed by atoms with Crippen molar-refractivity contribution in [3.63, 3.8) is 0 Å². The average molecular weight is 351 g/mol. The molecule has 3 rings (SSSR count). The highest BCUT2D eigenvalue weighted by Gasteiger charge is 2.26. The summed E-state index contributed by atoms with van der Waals surface area (Å²) in [6.07, 6.45) is 2.05. The number of benzene rings is 1. The van der Waals surface area contributed by atoms with Crippen LogP contribution in [0.4, 0.5) is 15.6 Å². The average Bonchev–Trinajstić information content (AvgIpc) is 3.23. The standard InChI is InChI=1S/C15H15ClN4O2S/c1-8-12(13(21)18-10-6-7-10)23-15(17-8)20-14(22)19-11-4-2-9(16)3-5-11/h2-5,10H,6-7H2,1H3,(H,18,21)(H2,17,19,20,22). The van der Waals surface area contributed by atoms with E-state index in [1.165, 1.54) is 0 Å². The van der Waals surface area contributed by atoms with E-state index in [-0.39, 0.29) is 11.9 Å². The van der Waals surface area contributed by atoms with E-state index in [1.807, 2.05) is 0 Å². The number of halogens is 1. The highest BCUT2D eigenvalue weighted by Crippen LogP contribution is 2.25. The van der Waals surface area contributed by atoms with Crippen molar-refractivity contribution in [3.8, 4) is 0 Å². The zero-order valence-electron chi connectivity index (χ0n) is 12.4. The molecule has 8 heteroatoms. The summed E-state index contributed by atoms with van der Waals surface area (Å²) < 4.78 is 0. The fourth-order valence-corrected chi connectivity index (χ4v) is 2.92. The number of hydrogen-bond acceptors (Lipinski definition) is 4. The topological polar surface area (TPSA) is 83.1 Å². The molecule has 0 spiro atoms. The summed E-state index contributed by atoms with van der Waals surface area (Å²) >= 11 is 6.96. The predicted molar refractivity (Wildman–Crippen MR) is 91.4 cm³/mol. The van der Waals surface area contributed by atoms with Crippen LogP contribution in [-0.4, -0.2) is 23.0 Å². The van der Waals surface area contributed by atoms with Crippen molar-refractivity contribution < 1.29 is 9.59 Å². The Kier molecular flexibility index (Phi) is 4.49. The van der Waals surface area contributed by atoms with Crippen molar-refractivity contribution in [1.29, 1.82) is 0 Å². The van der Waals surface area contributed by atoms with Crippen molar-refractivity contribution >= 4 is 45.7 Å².